The Morgan fingerprint density at radius 1 is 1.14 bits per heavy atom. The molecule has 2 aromatic rings. The number of benzene rings is 1. The van der Waals surface area contributed by atoms with E-state index < -0.39 is 0 Å². The van der Waals surface area contributed by atoms with Crippen molar-refractivity contribution in [3.05, 3.63) is 35.6 Å². The van der Waals surface area contributed by atoms with Gasteiger partial charge in [-0.25, -0.2) is 0 Å². The van der Waals surface area contributed by atoms with Gasteiger partial charge in [-0.05, 0) is 52.1 Å². The van der Waals surface area contributed by atoms with E-state index in [9.17, 15) is 4.79 Å². The van der Waals surface area contributed by atoms with Crippen molar-refractivity contribution in [3.8, 4) is 0 Å². The number of carbonyl (C=O) groups is 1. The number of hydrogen-bond acceptors (Lipinski definition) is 3. The number of furan rings is 1. The maximum absolute atomic E-state index is 13.1. The Balaban J connectivity index is 2.01. The number of likely N-dealkylation sites (N-methyl/N-ethyl adjacent to an activating group) is 1. The first-order valence-electron chi connectivity index (χ1n) is 7.75. The highest BCUT2D eigenvalue weighted by Gasteiger charge is 2.43. The van der Waals surface area contributed by atoms with E-state index in [0.717, 1.165) is 36.7 Å². The van der Waals surface area contributed by atoms with E-state index in [1.807, 2.05) is 32.3 Å². The number of ketones is 1. The summed E-state index contributed by atoms with van der Waals surface area (Å²) in [4.78, 5) is 15.2. The lowest BCUT2D eigenvalue weighted by atomic mass is 9.77. The molecule has 1 fully saturated rings. The van der Waals surface area contributed by atoms with Crippen molar-refractivity contribution in [2.24, 2.45) is 0 Å². The fraction of sp³-hybridized carbons (Fsp3) is 0.500. The quantitative estimate of drug-likeness (QED) is 0.793. The molecule has 1 heterocycles. The molecule has 0 radical (unpaired) electrons. The third-order valence-corrected chi connectivity index (χ3v) is 4.86. The van der Waals surface area contributed by atoms with Gasteiger partial charge in [0, 0.05) is 5.39 Å². The van der Waals surface area contributed by atoms with E-state index in [0.29, 0.717) is 5.76 Å². The van der Waals surface area contributed by atoms with Crippen LogP contribution in [0.3, 0.4) is 0 Å². The molecule has 1 aliphatic rings. The average Bonchev–Trinajstić information content (AvgIpc) is 2.89. The Kier molecular flexibility index (Phi) is 3.62. The zero-order valence-corrected chi connectivity index (χ0v) is 13.1. The van der Waals surface area contributed by atoms with Crippen LogP contribution in [0.1, 0.15) is 48.2 Å². The minimum Gasteiger partial charge on any atom is -0.453 e. The second kappa shape index (κ2) is 5.30. The van der Waals surface area contributed by atoms with Crippen LogP contribution in [-0.2, 0) is 0 Å². The zero-order chi connectivity index (χ0) is 15.0. The van der Waals surface area contributed by atoms with Crippen molar-refractivity contribution in [3.63, 3.8) is 0 Å². The lowest BCUT2D eigenvalue weighted by Gasteiger charge is -2.40. The first kappa shape index (κ1) is 14.3. The van der Waals surface area contributed by atoms with Gasteiger partial charge in [-0.15, -0.1) is 0 Å². The van der Waals surface area contributed by atoms with Crippen LogP contribution in [0, 0.1) is 6.92 Å². The molecule has 0 N–H and O–H groups in total. The predicted octanol–water partition coefficient (Wildman–Crippen LogP) is 4.19. The van der Waals surface area contributed by atoms with Gasteiger partial charge in [-0.3, -0.25) is 9.69 Å². The lowest BCUT2D eigenvalue weighted by Crippen LogP contribution is -2.52. The Bertz CT molecular complexity index is 663. The second-order valence-corrected chi connectivity index (χ2v) is 6.47. The van der Waals surface area contributed by atoms with Gasteiger partial charge in [0.25, 0.3) is 0 Å². The minimum absolute atomic E-state index is 0.140. The zero-order valence-electron chi connectivity index (χ0n) is 13.1. The maximum Gasteiger partial charge on any atom is 0.218 e. The summed E-state index contributed by atoms with van der Waals surface area (Å²) in [6, 6.07) is 7.94. The molecule has 0 atom stereocenters. The maximum atomic E-state index is 13.1. The number of carbonyl (C=O) groups excluding carboxylic acids is 1. The van der Waals surface area contributed by atoms with Crippen LogP contribution in [0.25, 0.3) is 11.0 Å². The molecule has 0 saturated heterocycles. The first-order valence-corrected chi connectivity index (χ1v) is 7.75. The molecule has 1 aromatic carbocycles. The predicted molar refractivity (Wildman–Crippen MR) is 84.8 cm³/mol. The molecule has 1 saturated carbocycles. The Hall–Kier alpha value is -1.61. The summed E-state index contributed by atoms with van der Waals surface area (Å²) in [7, 11) is 4.02. The van der Waals surface area contributed by atoms with Crippen molar-refractivity contribution in [2.75, 3.05) is 14.1 Å². The largest absolute Gasteiger partial charge is 0.453 e. The monoisotopic (exact) mass is 285 g/mol. The van der Waals surface area contributed by atoms with E-state index in [1.54, 1.807) is 0 Å². The molecule has 0 aliphatic heterocycles. The standard InChI is InChI=1S/C18H23NO2/c1-13-7-8-15-14(11-13)12-16(21-15)17(20)18(19(2)3)9-5-4-6-10-18/h7-8,11-12H,4-6,9-10H2,1-3H3. The minimum atomic E-state index is -0.388. The highest BCUT2D eigenvalue weighted by atomic mass is 16.3. The van der Waals surface area contributed by atoms with Crippen molar-refractivity contribution >= 4 is 16.8 Å². The topological polar surface area (TPSA) is 33.5 Å². The summed E-state index contributed by atoms with van der Waals surface area (Å²) >= 11 is 0. The number of nitrogens with zero attached hydrogens (tertiary/aromatic N) is 1. The van der Waals surface area contributed by atoms with E-state index in [-0.39, 0.29) is 11.3 Å². The SMILES string of the molecule is Cc1ccc2oc(C(=O)C3(N(C)C)CCCCC3)cc2c1. The second-order valence-electron chi connectivity index (χ2n) is 6.47. The molecule has 3 rings (SSSR count). The van der Waals surface area contributed by atoms with Crippen LogP contribution in [-0.4, -0.2) is 30.3 Å². The van der Waals surface area contributed by atoms with Gasteiger partial charge in [-0.1, -0.05) is 30.9 Å². The van der Waals surface area contributed by atoms with Crippen LogP contribution in [0.2, 0.25) is 0 Å². The fourth-order valence-electron chi connectivity index (χ4n) is 3.52. The number of Topliss-reactive ketones (excluding diaryl/α,β-unsaturated/α-hetero) is 1. The molecule has 3 heteroatoms. The highest BCUT2D eigenvalue weighted by molar-refractivity contribution is 6.03. The van der Waals surface area contributed by atoms with Gasteiger partial charge < -0.3 is 4.42 Å². The Labute approximate surface area is 125 Å². The summed E-state index contributed by atoms with van der Waals surface area (Å²) in [5.41, 5.74) is 1.59. The van der Waals surface area contributed by atoms with Gasteiger partial charge in [0.2, 0.25) is 5.78 Å². The van der Waals surface area contributed by atoms with E-state index in [1.165, 1.54) is 12.0 Å². The molecule has 1 aromatic heterocycles. The Morgan fingerprint density at radius 2 is 1.86 bits per heavy atom. The summed E-state index contributed by atoms with van der Waals surface area (Å²) in [6.07, 6.45) is 5.30. The molecule has 112 valence electrons. The highest BCUT2D eigenvalue weighted by Crippen LogP contribution is 2.36. The smallest absolute Gasteiger partial charge is 0.218 e. The van der Waals surface area contributed by atoms with Gasteiger partial charge in [0.1, 0.15) is 5.58 Å². The van der Waals surface area contributed by atoms with Crippen molar-refractivity contribution in [1.29, 1.82) is 0 Å². The molecular weight excluding hydrogens is 262 g/mol. The molecule has 21 heavy (non-hydrogen) atoms. The van der Waals surface area contributed by atoms with Gasteiger partial charge >= 0.3 is 0 Å². The van der Waals surface area contributed by atoms with Crippen LogP contribution in [0.15, 0.2) is 28.7 Å². The third-order valence-electron chi connectivity index (χ3n) is 4.86. The molecular formula is C18H23NO2. The van der Waals surface area contributed by atoms with Crippen molar-refractivity contribution in [2.45, 2.75) is 44.6 Å². The molecule has 3 nitrogen and oxygen atoms in total. The third kappa shape index (κ3) is 2.40. The number of rotatable bonds is 3. The molecule has 0 spiro atoms. The lowest BCUT2D eigenvalue weighted by molar-refractivity contribution is 0.0536. The molecule has 0 amide bonds. The van der Waals surface area contributed by atoms with E-state index >= 15 is 0 Å². The van der Waals surface area contributed by atoms with Crippen LogP contribution in [0.5, 0.6) is 0 Å². The fourth-order valence-corrected chi connectivity index (χ4v) is 3.52. The van der Waals surface area contributed by atoms with E-state index in [4.69, 9.17) is 4.42 Å². The van der Waals surface area contributed by atoms with Crippen molar-refractivity contribution in [1.82, 2.24) is 4.90 Å². The molecule has 0 bridgehead atoms. The van der Waals surface area contributed by atoms with Gasteiger partial charge in [0.15, 0.2) is 5.76 Å². The summed E-state index contributed by atoms with van der Waals surface area (Å²) < 4.78 is 5.84. The molecule has 0 unspecified atom stereocenters. The average molecular weight is 285 g/mol. The number of aryl methyl sites for hydroxylation is 1. The number of hydrogen-bond donors (Lipinski definition) is 0. The van der Waals surface area contributed by atoms with Crippen LogP contribution >= 0.6 is 0 Å². The van der Waals surface area contributed by atoms with Crippen LogP contribution < -0.4 is 0 Å². The normalized spacial score (nSPS) is 18.3. The van der Waals surface area contributed by atoms with Crippen molar-refractivity contribution < 1.29 is 9.21 Å². The summed E-state index contributed by atoms with van der Waals surface area (Å²) in [5.74, 6) is 0.646. The Morgan fingerprint density at radius 3 is 2.52 bits per heavy atom. The van der Waals surface area contributed by atoms with Gasteiger partial charge in [0.05, 0.1) is 5.54 Å². The molecule has 1 aliphatic carbocycles. The summed E-state index contributed by atoms with van der Waals surface area (Å²) in [6.45, 7) is 2.05. The van der Waals surface area contributed by atoms with E-state index in [2.05, 4.69) is 17.9 Å². The first-order chi connectivity index (χ1) is 10.0. The van der Waals surface area contributed by atoms with Crippen LogP contribution in [0.4, 0.5) is 0 Å². The summed E-state index contributed by atoms with van der Waals surface area (Å²) in [5, 5.41) is 1.02. The number of fused-ring (bicyclic) bond motifs is 1. The van der Waals surface area contributed by atoms with Gasteiger partial charge in [-0.2, -0.15) is 0 Å².